The molecule has 1 fully saturated rings. The van der Waals surface area contributed by atoms with E-state index in [1.165, 1.54) is 24.1 Å². The van der Waals surface area contributed by atoms with E-state index in [1.807, 2.05) is 67.6 Å². The molecule has 0 bridgehead atoms. The fraction of sp³-hybridized carbons (Fsp3) is 0.161. The molecule has 0 unspecified atom stereocenters. The van der Waals surface area contributed by atoms with Crippen LogP contribution in [0.25, 0.3) is 0 Å². The molecule has 198 valence electrons. The second kappa shape index (κ2) is 10.7. The molecule has 0 aliphatic carbocycles. The van der Waals surface area contributed by atoms with E-state index in [2.05, 4.69) is 0 Å². The highest BCUT2D eigenvalue weighted by atomic mass is 32.2. The van der Waals surface area contributed by atoms with Crippen LogP contribution in [-0.4, -0.2) is 42.8 Å². The van der Waals surface area contributed by atoms with Gasteiger partial charge in [0.05, 0.1) is 18.0 Å². The van der Waals surface area contributed by atoms with Gasteiger partial charge < -0.3 is 4.74 Å². The molecule has 0 aromatic heterocycles. The summed E-state index contributed by atoms with van der Waals surface area (Å²) >= 11 is 0. The predicted molar refractivity (Wildman–Crippen MR) is 147 cm³/mol. The molecule has 0 spiro atoms. The zero-order valence-electron chi connectivity index (χ0n) is 21.5. The molecule has 4 aromatic rings. The Morgan fingerprint density at radius 1 is 0.769 bits per heavy atom. The molecule has 1 aliphatic heterocycles. The number of aryl methyl sites for hydroxylation is 1. The van der Waals surface area contributed by atoms with Gasteiger partial charge in [0, 0.05) is 0 Å². The van der Waals surface area contributed by atoms with Crippen LogP contribution in [0.5, 0.6) is 0 Å². The molecule has 8 heteroatoms. The van der Waals surface area contributed by atoms with Gasteiger partial charge in [0.15, 0.2) is 6.04 Å². The summed E-state index contributed by atoms with van der Waals surface area (Å²) in [5, 5.41) is 0. The third-order valence-corrected chi connectivity index (χ3v) is 8.70. The largest absolute Gasteiger partial charge is 0.467 e. The van der Waals surface area contributed by atoms with Crippen molar-refractivity contribution in [1.82, 2.24) is 9.21 Å². The zero-order chi connectivity index (χ0) is 27.6. The van der Waals surface area contributed by atoms with Gasteiger partial charge in [0.1, 0.15) is 6.04 Å². The number of rotatable bonds is 7. The third kappa shape index (κ3) is 4.79. The van der Waals surface area contributed by atoms with Crippen LogP contribution in [0.2, 0.25) is 0 Å². The van der Waals surface area contributed by atoms with Crippen LogP contribution in [0.1, 0.15) is 34.3 Å². The highest BCUT2D eigenvalue weighted by molar-refractivity contribution is 7.89. The predicted octanol–water partition coefficient (Wildman–Crippen LogP) is 5.49. The Labute approximate surface area is 228 Å². The Hall–Kier alpha value is -4.43. The number of esters is 1. The van der Waals surface area contributed by atoms with Gasteiger partial charge in [-0.2, -0.15) is 0 Å². The third-order valence-electron chi connectivity index (χ3n) is 6.93. The molecule has 5 rings (SSSR count). The molecule has 0 N–H and O–H groups in total. The summed E-state index contributed by atoms with van der Waals surface area (Å²) in [7, 11) is -3.13. The Kier molecular flexibility index (Phi) is 7.21. The fourth-order valence-electron chi connectivity index (χ4n) is 5.09. The van der Waals surface area contributed by atoms with Crippen molar-refractivity contribution in [2.24, 2.45) is 0 Å². The standard InChI is InChI=1S/C31H28N2O5S/c1-22-18-20-26(21-19-22)39(36,37)33-28(25-16-10-5-11-17-25)29(30(34)38-2)32(31(33)35)27(23-12-6-3-7-13-23)24-14-8-4-9-15-24/h3-21,27-29H,1-2H3/t28-,29+/m0/s1. The van der Waals surface area contributed by atoms with Gasteiger partial charge in [0.25, 0.3) is 10.0 Å². The number of benzene rings is 4. The summed E-state index contributed by atoms with van der Waals surface area (Å²) in [6, 6.07) is 29.6. The highest BCUT2D eigenvalue weighted by Crippen LogP contribution is 2.45. The second-order valence-corrected chi connectivity index (χ2v) is 11.2. The molecule has 7 nitrogen and oxygen atoms in total. The Bertz CT molecular complexity index is 1520. The van der Waals surface area contributed by atoms with E-state index in [0.717, 1.165) is 21.0 Å². The lowest BCUT2D eigenvalue weighted by molar-refractivity contribution is -0.146. The molecule has 1 heterocycles. The SMILES string of the molecule is COC(=O)[C@H]1[C@H](c2ccccc2)N(S(=O)(=O)c2ccc(C)cc2)C(=O)N1C(c1ccccc1)c1ccccc1. The number of carbonyl (C=O) groups is 2. The van der Waals surface area contributed by atoms with E-state index in [0.29, 0.717) is 5.56 Å². The van der Waals surface area contributed by atoms with E-state index in [4.69, 9.17) is 4.74 Å². The van der Waals surface area contributed by atoms with Gasteiger partial charge in [-0.25, -0.2) is 22.3 Å². The number of hydrogen-bond donors (Lipinski definition) is 0. The summed E-state index contributed by atoms with van der Waals surface area (Å²) in [6.45, 7) is 1.85. The number of hydrogen-bond acceptors (Lipinski definition) is 5. The Morgan fingerprint density at radius 3 is 1.74 bits per heavy atom. The average molecular weight is 541 g/mol. The molecular weight excluding hydrogens is 512 g/mol. The van der Waals surface area contributed by atoms with Gasteiger partial charge >= 0.3 is 12.0 Å². The van der Waals surface area contributed by atoms with Crippen molar-refractivity contribution in [2.45, 2.75) is 29.9 Å². The van der Waals surface area contributed by atoms with Crippen LogP contribution in [0, 0.1) is 6.92 Å². The first kappa shape index (κ1) is 26.2. The van der Waals surface area contributed by atoms with Crippen molar-refractivity contribution >= 4 is 22.0 Å². The smallest absolute Gasteiger partial charge is 0.336 e. The minimum atomic E-state index is -4.37. The van der Waals surface area contributed by atoms with E-state index < -0.39 is 40.1 Å². The van der Waals surface area contributed by atoms with E-state index >= 15 is 0 Å². The van der Waals surface area contributed by atoms with Crippen LogP contribution < -0.4 is 0 Å². The first-order chi connectivity index (χ1) is 18.8. The summed E-state index contributed by atoms with van der Waals surface area (Å²) in [5.41, 5.74) is 2.84. The van der Waals surface area contributed by atoms with Crippen LogP contribution in [0.4, 0.5) is 4.79 Å². The molecule has 0 radical (unpaired) electrons. The summed E-state index contributed by atoms with van der Waals surface area (Å²) in [4.78, 5) is 29.3. The first-order valence-electron chi connectivity index (χ1n) is 12.5. The maximum atomic E-state index is 14.5. The van der Waals surface area contributed by atoms with E-state index in [9.17, 15) is 18.0 Å². The van der Waals surface area contributed by atoms with Crippen molar-refractivity contribution in [3.8, 4) is 0 Å². The van der Waals surface area contributed by atoms with Gasteiger partial charge in [-0.05, 0) is 35.7 Å². The van der Waals surface area contributed by atoms with Crippen molar-refractivity contribution in [3.05, 3.63) is 138 Å². The molecule has 4 aromatic carbocycles. The quantitative estimate of drug-likeness (QED) is 0.289. The van der Waals surface area contributed by atoms with Crippen LogP contribution >= 0.6 is 0 Å². The van der Waals surface area contributed by atoms with Gasteiger partial charge in [0.2, 0.25) is 0 Å². The lowest BCUT2D eigenvalue weighted by Crippen LogP contribution is -2.43. The van der Waals surface area contributed by atoms with Crippen molar-refractivity contribution < 1.29 is 22.7 Å². The number of sulfonamides is 1. The zero-order valence-corrected chi connectivity index (χ0v) is 22.4. The number of carbonyl (C=O) groups excluding carboxylic acids is 2. The average Bonchev–Trinajstić information content (AvgIpc) is 3.28. The van der Waals surface area contributed by atoms with E-state index in [1.54, 1.807) is 42.5 Å². The molecular formula is C31H28N2O5S. The molecule has 2 amide bonds. The molecule has 2 atom stereocenters. The van der Waals surface area contributed by atoms with Gasteiger partial charge in [-0.3, -0.25) is 4.90 Å². The number of urea groups is 1. The lowest BCUT2D eigenvalue weighted by atomic mass is 9.93. The summed E-state index contributed by atoms with van der Waals surface area (Å²) in [6.07, 6.45) is 0. The van der Waals surface area contributed by atoms with Crippen molar-refractivity contribution in [2.75, 3.05) is 7.11 Å². The summed E-state index contributed by atoms with van der Waals surface area (Å²) in [5.74, 6) is -0.712. The van der Waals surface area contributed by atoms with Crippen LogP contribution in [0.3, 0.4) is 0 Å². The Morgan fingerprint density at radius 2 is 1.26 bits per heavy atom. The van der Waals surface area contributed by atoms with Crippen molar-refractivity contribution in [1.29, 1.82) is 0 Å². The molecule has 39 heavy (non-hydrogen) atoms. The molecule has 1 aliphatic rings. The van der Waals surface area contributed by atoms with Crippen molar-refractivity contribution in [3.63, 3.8) is 0 Å². The molecule has 1 saturated heterocycles. The number of amides is 2. The minimum absolute atomic E-state index is 0.0381. The van der Waals surface area contributed by atoms with E-state index in [-0.39, 0.29) is 4.90 Å². The normalized spacial score (nSPS) is 17.5. The monoisotopic (exact) mass is 540 g/mol. The van der Waals surface area contributed by atoms with Crippen LogP contribution in [0.15, 0.2) is 120 Å². The topological polar surface area (TPSA) is 84.0 Å². The lowest BCUT2D eigenvalue weighted by Gasteiger charge is -2.32. The van der Waals surface area contributed by atoms with Gasteiger partial charge in [-0.1, -0.05) is 109 Å². The molecule has 0 saturated carbocycles. The van der Waals surface area contributed by atoms with Crippen LogP contribution in [-0.2, 0) is 19.6 Å². The minimum Gasteiger partial charge on any atom is -0.467 e. The second-order valence-electron chi connectivity index (χ2n) is 9.35. The van der Waals surface area contributed by atoms with Gasteiger partial charge in [-0.15, -0.1) is 0 Å². The number of ether oxygens (including phenoxy) is 1. The first-order valence-corrected chi connectivity index (χ1v) is 13.9. The highest BCUT2D eigenvalue weighted by Gasteiger charge is 2.57. The Balaban J connectivity index is 1.77. The number of nitrogens with zero attached hydrogens (tertiary/aromatic N) is 2. The maximum Gasteiger partial charge on any atom is 0.336 e. The fourth-order valence-corrected chi connectivity index (χ4v) is 6.64. The maximum absolute atomic E-state index is 14.5. The number of methoxy groups -OCH3 is 1. The summed E-state index contributed by atoms with van der Waals surface area (Å²) < 4.78 is 34.4.